The number of aldehydes is 1. The van der Waals surface area contributed by atoms with Gasteiger partial charge in [-0.1, -0.05) is 66.7 Å². The van der Waals surface area contributed by atoms with Crippen LogP contribution >= 0.6 is 0 Å². The number of carbonyl (C=O) groups is 1. The highest BCUT2D eigenvalue weighted by molar-refractivity contribution is 6.09. The summed E-state index contributed by atoms with van der Waals surface area (Å²) >= 11 is 0. The first-order chi connectivity index (χ1) is 13.8. The predicted octanol–water partition coefficient (Wildman–Crippen LogP) is 6.98. The maximum absolute atomic E-state index is 10.8. The molecule has 28 heavy (non-hydrogen) atoms. The van der Waals surface area contributed by atoms with E-state index in [1.54, 1.807) is 6.07 Å². The zero-order valence-electron chi connectivity index (χ0n) is 15.0. The SMILES string of the molecule is O=Cc1cccc2c1oc1ccccc12.c1ccc2c(c1)oc1ccccc12. The largest absolute Gasteiger partial charge is 0.456 e. The number of rotatable bonds is 1. The Morgan fingerprint density at radius 2 is 0.964 bits per heavy atom. The van der Waals surface area contributed by atoms with Gasteiger partial charge in [0.1, 0.15) is 22.3 Å². The first-order valence-corrected chi connectivity index (χ1v) is 9.07. The minimum atomic E-state index is 0.601. The van der Waals surface area contributed by atoms with Crippen LogP contribution in [-0.2, 0) is 0 Å². The Balaban J connectivity index is 0.000000123. The van der Waals surface area contributed by atoms with E-state index in [4.69, 9.17) is 8.83 Å². The standard InChI is InChI=1S/C13H8O2.C12H8O/c14-8-9-4-3-6-11-10-5-1-2-7-12(10)15-13(9)11;1-3-7-11-9(5-1)10-6-2-4-8-12(10)13-11/h1-8H;1-8H. The molecular weight excluding hydrogens is 348 g/mol. The Labute approximate surface area is 160 Å². The van der Waals surface area contributed by atoms with Crippen LogP contribution < -0.4 is 0 Å². The van der Waals surface area contributed by atoms with Crippen molar-refractivity contribution in [2.45, 2.75) is 0 Å². The molecule has 3 nitrogen and oxygen atoms in total. The minimum Gasteiger partial charge on any atom is -0.456 e. The van der Waals surface area contributed by atoms with Gasteiger partial charge in [0.15, 0.2) is 6.29 Å². The molecule has 0 N–H and O–H groups in total. The summed E-state index contributed by atoms with van der Waals surface area (Å²) in [5.41, 5.74) is 4.02. The quantitative estimate of drug-likeness (QED) is 0.295. The van der Waals surface area contributed by atoms with Crippen molar-refractivity contribution in [3.05, 3.63) is 96.6 Å². The van der Waals surface area contributed by atoms with Gasteiger partial charge in [0.05, 0.1) is 5.56 Å². The van der Waals surface area contributed by atoms with E-state index in [0.717, 1.165) is 33.8 Å². The van der Waals surface area contributed by atoms with Gasteiger partial charge in [0.25, 0.3) is 0 Å². The van der Waals surface area contributed by atoms with Gasteiger partial charge >= 0.3 is 0 Å². The topological polar surface area (TPSA) is 43.4 Å². The molecule has 6 aromatic rings. The Morgan fingerprint density at radius 1 is 0.500 bits per heavy atom. The molecule has 0 amide bonds. The average Bonchev–Trinajstić information content (AvgIpc) is 3.32. The molecule has 3 heteroatoms. The summed E-state index contributed by atoms with van der Waals surface area (Å²) in [5, 5.41) is 4.43. The van der Waals surface area contributed by atoms with Gasteiger partial charge < -0.3 is 8.83 Å². The van der Waals surface area contributed by atoms with Crippen molar-refractivity contribution >= 4 is 50.2 Å². The van der Waals surface area contributed by atoms with Crippen LogP contribution in [0.5, 0.6) is 0 Å². The zero-order chi connectivity index (χ0) is 18.9. The third kappa shape index (κ3) is 2.65. The van der Waals surface area contributed by atoms with Gasteiger partial charge in [-0.15, -0.1) is 0 Å². The molecule has 2 heterocycles. The zero-order valence-corrected chi connectivity index (χ0v) is 15.0. The highest BCUT2D eigenvalue weighted by atomic mass is 16.3. The van der Waals surface area contributed by atoms with Gasteiger partial charge in [-0.3, -0.25) is 4.79 Å². The first kappa shape index (κ1) is 16.3. The molecule has 134 valence electrons. The van der Waals surface area contributed by atoms with Crippen LogP contribution in [-0.4, -0.2) is 6.29 Å². The summed E-state index contributed by atoms with van der Waals surface area (Å²) < 4.78 is 11.3. The average molecular weight is 364 g/mol. The van der Waals surface area contributed by atoms with Gasteiger partial charge in [-0.05, 0) is 24.3 Å². The normalized spacial score (nSPS) is 11.0. The molecule has 0 fully saturated rings. The van der Waals surface area contributed by atoms with E-state index in [9.17, 15) is 4.79 Å². The van der Waals surface area contributed by atoms with Crippen LogP contribution in [0.15, 0.2) is 99.8 Å². The lowest BCUT2D eigenvalue weighted by Crippen LogP contribution is -1.78. The molecule has 0 radical (unpaired) electrons. The molecule has 0 bridgehead atoms. The van der Waals surface area contributed by atoms with Crippen molar-refractivity contribution in [1.82, 2.24) is 0 Å². The highest BCUT2D eigenvalue weighted by Gasteiger charge is 2.08. The Morgan fingerprint density at radius 3 is 1.54 bits per heavy atom. The monoisotopic (exact) mass is 364 g/mol. The Hall–Kier alpha value is -3.85. The smallest absolute Gasteiger partial charge is 0.153 e. The number of carbonyl (C=O) groups excluding carboxylic acids is 1. The number of furan rings is 2. The maximum atomic E-state index is 10.8. The molecule has 0 unspecified atom stereocenters. The van der Waals surface area contributed by atoms with Gasteiger partial charge in [-0.2, -0.15) is 0 Å². The molecule has 2 aromatic heterocycles. The lowest BCUT2D eigenvalue weighted by atomic mass is 10.1. The van der Waals surface area contributed by atoms with Crippen molar-refractivity contribution in [2.24, 2.45) is 0 Å². The van der Waals surface area contributed by atoms with Crippen LogP contribution in [0.25, 0.3) is 43.9 Å². The van der Waals surface area contributed by atoms with E-state index in [2.05, 4.69) is 12.1 Å². The number of para-hydroxylation sites is 4. The molecule has 0 spiro atoms. The fraction of sp³-hybridized carbons (Fsp3) is 0. The predicted molar refractivity (Wildman–Crippen MR) is 113 cm³/mol. The van der Waals surface area contributed by atoms with Crippen molar-refractivity contribution in [2.75, 3.05) is 0 Å². The van der Waals surface area contributed by atoms with Crippen LogP contribution in [0.4, 0.5) is 0 Å². The van der Waals surface area contributed by atoms with Gasteiger partial charge in [0.2, 0.25) is 0 Å². The van der Waals surface area contributed by atoms with E-state index in [-0.39, 0.29) is 0 Å². The number of hydrogen-bond donors (Lipinski definition) is 0. The third-order valence-electron chi connectivity index (χ3n) is 4.85. The van der Waals surface area contributed by atoms with E-state index in [1.807, 2.05) is 72.8 Å². The lowest BCUT2D eigenvalue weighted by Gasteiger charge is -1.90. The summed E-state index contributed by atoms with van der Waals surface area (Å²) in [6.45, 7) is 0. The van der Waals surface area contributed by atoms with Crippen molar-refractivity contribution < 1.29 is 13.6 Å². The van der Waals surface area contributed by atoms with Gasteiger partial charge in [-0.25, -0.2) is 0 Å². The van der Waals surface area contributed by atoms with E-state index < -0.39 is 0 Å². The molecule has 0 aliphatic carbocycles. The third-order valence-corrected chi connectivity index (χ3v) is 4.85. The highest BCUT2D eigenvalue weighted by Crippen LogP contribution is 2.30. The molecule has 0 aliphatic rings. The van der Waals surface area contributed by atoms with Crippen LogP contribution in [0.1, 0.15) is 10.4 Å². The minimum absolute atomic E-state index is 0.601. The summed E-state index contributed by atoms with van der Waals surface area (Å²) in [5.74, 6) is 0. The Kier molecular flexibility index (Phi) is 3.91. The summed E-state index contributed by atoms with van der Waals surface area (Å²) in [6, 6.07) is 29.6. The number of benzene rings is 4. The van der Waals surface area contributed by atoms with Crippen molar-refractivity contribution in [1.29, 1.82) is 0 Å². The molecular formula is C25H16O3. The van der Waals surface area contributed by atoms with Crippen LogP contribution in [0.3, 0.4) is 0 Å². The molecule has 0 atom stereocenters. The summed E-state index contributed by atoms with van der Waals surface area (Å²) in [4.78, 5) is 10.8. The fourth-order valence-corrected chi connectivity index (χ4v) is 3.54. The van der Waals surface area contributed by atoms with Crippen molar-refractivity contribution in [3.8, 4) is 0 Å². The molecule has 0 aliphatic heterocycles. The van der Waals surface area contributed by atoms with Crippen molar-refractivity contribution in [3.63, 3.8) is 0 Å². The van der Waals surface area contributed by atoms with E-state index in [0.29, 0.717) is 11.1 Å². The summed E-state index contributed by atoms with van der Waals surface area (Å²) in [7, 11) is 0. The maximum Gasteiger partial charge on any atom is 0.153 e. The fourth-order valence-electron chi connectivity index (χ4n) is 3.54. The van der Waals surface area contributed by atoms with Crippen LogP contribution in [0, 0.1) is 0 Å². The molecule has 0 saturated carbocycles. The number of hydrogen-bond acceptors (Lipinski definition) is 3. The van der Waals surface area contributed by atoms with E-state index >= 15 is 0 Å². The second-order valence-corrected chi connectivity index (χ2v) is 6.53. The molecule has 4 aromatic carbocycles. The number of fused-ring (bicyclic) bond motifs is 6. The lowest BCUT2D eigenvalue weighted by molar-refractivity contribution is 0.112. The molecule has 6 rings (SSSR count). The first-order valence-electron chi connectivity index (χ1n) is 9.07. The Bertz CT molecular complexity index is 1390. The van der Waals surface area contributed by atoms with E-state index in [1.165, 1.54) is 10.8 Å². The summed E-state index contributed by atoms with van der Waals surface area (Å²) in [6.07, 6.45) is 0.824. The van der Waals surface area contributed by atoms with Gasteiger partial charge in [0, 0.05) is 21.5 Å². The second kappa shape index (κ2) is 6.71. The molecule has 0 saturated heterocycles. The second-order valence-electron chi connectivity index (χ2n) is 6.53. The van der Waals surface area contributed by atoms with Crippen LogP contribution in [0.2, 0.25) is 0 Å².